The van der Waals surface area contributed by atoms with Crippen LogP contribution in [0.5, 0.6) is 0 Å². The number of nitrogens with one attached hydrogen (secondary N) is 1. The minimum Gasteiger partial charge on any atom is -0.370 e. The van der Waals surface area contributed by atoms with E-state index < -0.39 is 17.9 Å². The molecule has 0 aromatic rings. The van der Waals surface area contributed by atoms with E-state index in [-0.39, 0.29) is 6.42 Å². The summed E-state index contributed by atoms with van der Waals surface area (Å²) in [5.41, 5.74) is 12.4. The molecule has 0 aromatic heterocycles. The maximum Gasteiger partial charge on any atom is 0.260 e. The molecule has 0 aromatic carbocycles. The van der Waals surface area contributed by atoms with E-state index in [2.05, 4.69) is 5.48 Å². The summed E-state index contributed by atoms with van der Waals surface area (Å²) in [6.45, 7) is 4.28. The zero-order valence-corrected chi connectivity index (χ0v) is 8.45. The van der Waals surface area contributed by atoms with Gasteiger partial charge in [0.2, 0.25) is 5.91 Å². The Morgan fingerprint density at radius 3 is 2.43 bits per heavy atom. The van der Waals surface area contributed by atoms with Crippen molar-refractivity contribution in [3.8, 4) is 0 Å². The molecule has 0 aliphatic carbocycles. The molecule has 14 heavy (non-hydrogen) atoms. The van der Waals surface area contributed by atoms with Gasteiger partial charge in [-0.1, -0.05) is 13.8 Å². The molecule has 5 N–H and O–H groups in total. The lowest BCUT2D eigenvalue weighted by atomic mass is 10.2. The number of nitrogens with two attached hydrogens (primary N) is 2. The van der Waals surface area contributed by atoms with Gasteiger partial charge < -0.3 is 11.5 Å². The summed E-state index contributed by atoms with van der Waals surface area (Å²) in [6, 6.07) is -0.945. The minimum atomic E-state index is -0.945. The summed E-state index contributed by atoms with van der Waals surface area (Å²) in [5.74, 6) is -0.844. The van der Waals surface area contributed by atoms with Crippen LogP contribution in [0, 0.1) is 5.92 Å². The molecular formula is C8H17N3O3. The first kappa shape index (κ1) is 12.9. The van der Waals surface area contributed by atoms with Crippen LogP contribution < -0.4 is 16.9 Å². The van der Waals surface area contributed by atoms with Gasteiger partial charge in [-0.3, -0.25) is 14.4 Å². The molecule has 0 fully saturated rings. The first-order valence-electron chi connectivity index (χ1n) is 4.39. The molecule has 6 heteroatoms. The van der Waals surface area contributed by atoms with Crippen molar-refractivity contribution >= 4 is 11.8 Å². The minimum absolute atomic E-state index is 0.184. The van der Waals surface area contributed by atoms with E-state index in [0.717, 1.165) is 0 Å². The third kappa shape index (κ3) is 6.38. The Morgan fingerprint density at radius 1 is 1.43 bits per heavy atom. The van der Waals surface area contributed by atoms with Crippen LogP contribution in [0.1, 0.15) is 20.3 Å². The van der Waals surface area contributed by atoms with E-state index in [9.17, 15) is 9.59 Å². The molecule has 0 bridgehead atoms. The van der Waals surface area contributed by atoms with Gasteiger partial charge >= 0.3 is 0 Å². The van der Waals surface area contributed by atoms with Gasteiger partial charge in [-0.15, -0.1) is 0 Å². The number of hydroxylamine groups is 1. The molecule has 0 radical (unpaired) electrons. The summed E-state index contributed by atoms with van der Waals surface area (Å²) in [7, 11) is 0. The van der Waals surface area contributed by atoms with Crippen LogP contribution in [0.3, 0.4) is 0 Å². The highest BCUT2D eigenvalue weighted by molar-refractivity contribution is 5.86. The Hall–Kier alpha value is -1.14. The average molecular weight is 203 g/mol. The predicted octanol–water partition coefficient (Wildman–Crippen LogP) is -1.11. The number of amides is 2. The molecule has 0 saturated heterocycles. The molecule has 0 aliphatic rings. The first-order chi connectivity index (χ1) is 6.43. The summed E-state index contributed by atoms with van der Waals surface area (Å²) in [5, 5.41) is 0. The lowest BCUT2D eigenvalue weighted by Crippen LogP contribution is -2.43. The van der Waals surface area contributed by atoms with Crippen LogP contribution in [0.4, 0.5) is 0 Å². The van der Waals surface area contributed by atoms with E-state index in [4.69, 9.17) is 16.3 Å². The Bertz CT molecular complexity index is 206. The van der Waals surface area contributed by atoms with E-state index in [1.807, 2.05) is 13.8 Å². The third-order valence-corrected chi connectivity index (χ3v) is 1.35. The SMILES string of the molecule is CC(C)CONC(=O)C(N)CC(N)=O. The van der Waals surface area contributed by atoms with Gasteiger partial charge in [0, 0.05) is 0 Å². The van der Waals surface area contributed by atoms with Crippen molar-refractivity contribution in [2.75, 3.05) is 6.61 Å². The van der Waals surface area contributed by atoms with Crippen LogP contribution >= 0.6 is 0 Å². The Kier molecular flexibility index (Phi) is 5.82. The summed E-state index contributed by atoms with van der Waals surface area (Å²) >= 11 is 0. The summed E-state index contributed by atoms with van der Waals surface area (Å²) < 4.78 is 0. The van der Waals surface area contributed by atoms with E-state index in [0.29, 0.717) is 12.5 Å². The summed E-state index contributed by atoms with van der Waals surface area (Å²) in [6.07, 6.45) is -0.184. The number of carbonyl (C=O) groups excluding carboxylic acids is 2. The second kappa shape index (κ2) is 6.33. The number of carbonyl (C=O) groups is 2. The van der Waals surface area contributed by atoms with E-state index >= 15 is 0 Å². The zero-order chi connectivity index (χ0) is 11.1. The normalized spacial score (nSPS) is 12.6. The topological polar surface area (TPSA) is 107 Å². The van der Waals surface area contributed by atoms with Crippen LogP contribution in [0.2, 0.25) is 0 Å². The molecule has 82 valence electrons. The van der Waals surface area contributed by atoms with Gasteiger partial charge in [0.1, 0.15) is 0 Å². The van der Waals surface area contributed by atoms with E-state index in [1.165, 1.54) is 0 Å². The standard InChI is InChI=1S/C8H17N3O3/c1-5(2)4-14-11-8(13)6(9)3-7(10)12/h5-6H,3-4,9H2,1-2H3,(H2,10,12)(H,11,13). The zero-order valence-electron chi connectivity index (χ0n) is 8.45. The Morgan fingerprint density at radius 2 is 2.00 bits per heavy atom. The maximum absolute atomic E-state index is 11.1. The van der Waals surface area contributed by atoms with Crippen molar-refractivity contribution in [2.24, 2.45) is 17.4 Å². The largest absolute Gasteiger partial charge is 0.370 e. The monoisotopic (exact) mass is 203 g/mol. The predicted molar refractivity (Wildman–Crippen MR) is 50.7 cm³/mol. The van der Waals surface area contributed by atoms with E-state index in [1.54, 1.807) is 0 Å². The number of rotatable bonds is 6. The highest BCUT2D eigenvalue weighted by Gasteiger charge is 2.15. The maximum atomic E-state index is 11.1. The molecule has 1 unspecified atom stereocenters. The van der Waals surface area contributed by atoms with Gasteiger partial charge in [0.25, 0.3) is 5.91 Å². The van der Waals surface area contributed by atoms with Crippen molar-refractivity contribution in [3.63, 3.8) is 0 Å². The molecule has 6 nitrogen and oxygen atoms in total. The van der Waals surface area contributed by atoms with Gasteiger partial charge in [-0.05, 0) is 5.92 Å². The fourth-order valence-corrected chi connectivity index (χ4v) is 0.665. The van der Waals surface area contributed by atoms with Gasteiger partial charge in [-0.2, -0.15) is 0 Å². The molecule has 0 saturated carbocycles. The van der Waals surface area contributed by atoms with Crippen molar-refractivity contribution in [1.82, 2.24) is 5.48 Å². The molecule has 1 atom stereocenters. The van der Waals surface area contributed by atoms with Crippen molar-refractivity contribution in [3.05, 3.63) is 0 Å². The lowest BCUT2D eigenvalue weighted by Gasteiger charge is -2.11. The number of hydrogen-bond acceptors (Lipinski definition) is 4. The molecule has 0 heterocycles. The van der Waals surface area contributed by atoms with Crippen LogP contribution in [-0.2, 0) is 14.4 Å². The summed E-state index contributed by atoms with van der Waals surface area (Å²) in [4.78, 5) is 26.3. The Balaban J connectivity index is 3.67. The lowest BCUT2D eigenvalue weighted by molar-refractivity contribution is -0.137. The van der Waals surface area contributed by atoms with Crippen LogP contribution in [0.25, 0.3) is 0 Å². The molecular weight excluding hydrogens is 186 g/mol. The van der Waals surface area contributed by atoms with Crippen molar-refractivity contribution in [1.29, 1.82) is 0 Å². The third-order valence-electron chi connectivity index (χ3n) is 1.35. The van der Waals surface area contributed by atoms with Crippen molar-refractivity contribution in [2.45, 2.75) is 26.3 Å². The van der Waals surface area contributed by atoms with Crippen LogP contribution in [-0.4, -0.2) is 24.5 Å². The average Bonchev–Trinajstić information content (AvgIpc) is 2.01. The molecule has 0 rings (SSSR count). The highest BCUT2D eigenvalue weighted by atomic mass is 16.7. The molecule has 0 aliphatic heterocycles. The number of primary amides is 1. The smallest absolute Gasteiger partial charge is 0.260 e. The first-order valence-corrected chi connectivity index (χ1v) is 4.39. The fourth-order valence-electron chi connectivity index (χ4n) is 0.665. The quantitative estimate of drug-likeness (QED) is 0.476. The Labute approximate surface area is 82.9 Å². The fraction of sp³-hybridized carbons (Fsp3) is 0.750. The number of hydrogen-bond donors (Lipinski definition) is 3. The van der Waals surface area contributed by atoms with Crippen LogP contribution in [0.15, 0.2) is 0 Å². The second-order valence-corrected chi connectivity index (χ2v) is 3.45. The van der Waals surface area contributed by atoms with Gasteiger partial charge in [-0.25, -0.2) is 5.48 Å². The van der Waals surface area contributed by atoms with Crippen molar-refractivity contribution < 1.29 is 14.4 Å². The molecule has 2 amide bonds. The van der Waals surface area contributed by atoms with Gasteiger partial charge in [0.15, 0.2) is 0 Å². The van der Waals surface area contributed by atoms with Gasteiger partial charge in [0.05, 0.1) is 19.1 Å². The highest BCUT2D eigenvalue weighted by Crippen LogP contribution is 1.91. The second-order valence-electron chi connectivity index (χ2n) is 3.45. The molecule has 0 spiro atoms.